The lowest BCUT2D eigenvalue weighted by atomic mass is 9.97. The predicted octanol–water partition coefficient (Wildman–Crippen LogP) is 1.37. The van der Waals surface area contributed by atoms with E-state index in [-0.39, 0.29) is 5.91 Å². The Hall–Kier alpha value is -1.55. The number of para-hydroxylation sites is 1. The number of carbonyl (C=O) groups is 1. The van der Waals surface area contributed by atoms with Gasteiger partial charge in [0.25, 0.3) is 0 Å². The standard InChI is InChI=1S/C15H20N2O2/c1-15(2)14(18)17(8-7-16-15)9-11-10-19-13-6-4-3-5-12(11)13/h3-6,11,16H,7-10H2,1-2H3. The van der Waals surface area contributed by atoms with E-state index < -0.39 is 5.54 Å². The smallest absolute Gasteiger partial charge is 0.242 e. The Balaban J connectivity index is 1.75. The fourth-order valence-corrected chi connectivity index (χ4v) is 2.90. The normalized spacial score (nSPS) is 25.1. The number of rotatable bonds is 2. The quantitative estimate of drug-likeness (QED) is 0.873. The molecule has 3 rings (SSSR count). The van der Waals surface area contributed by atoms with Crippen molar-refractivity contribution in [3.05, 3.63) is 29.8 Å². The van der Waals surface area contributed by atoms with Crippen molar-refractivity contribution in [3.8, 4) is 5.75 Å². The Morgan fingerprint density at radius 3 is 3.05 bits per heavy atom. The summed E-state index contributed by atoms with van der Waals surface area (Å²) in [7, 11) is 0. The first-order valence-corrected chi connectivity index (χ1v) is 6.84. The summed E-state index contributed by atoms with van der Waals surface area (Å²) in [5, 5.41) is 3.26. The van der Waals surface area contributed by atoms with Gasteiger partial charge in [0.1, 0.15) is 5.75 Å². The molecule has 1 amide bonds. The maximum Gasteiger partial charge on any atom is 0.242 e. The lowest BCUT2D eigenvalue weighted by Gasteiger charge is -2.39. The summed E-state index contributed by atoms with van der Waals surface area (Å²) in [6, 6.07) is 8.12. The summed E-state index contributed by atoms with van der Waals surface area (Å²) in [6.45, 7) is 6.95. The van der Waals surface area contributed by atoms with Crippen molar-refractivity contribution in [1.29, 1.82) is 0 Å². The molecule has 1 N–H and O–H groups in total. The van der Waals surface area contributed by atoms with Gasteiger partial charge in [-0.25, -0.2) is 0 Å². The molecule has 1 aromatic carbocycles. The third-order valence-electron chi connectivity index (χ3n) is 4.01. The highest BCUT2D eigenvalue weighted by Crippen LogP contribution is 2.34. The monoisotopic (exact) mass is 260 g/mol. The number of benzene rings is 1. The summed E-state index contributed by atoms with van der Waals surface area (Å²) in [6.07, 6.45) is 0. The Morgan fingerprint density at radius 1 is 1.42 bits per heavy atom. The topological polar surface area (TPSA) is 41.6 Å². The average Bonchev–Trinajstić information content (AvgIpc) is 2.79. The minimum absolute atomic E-state index is 0.183. The van der Waals surface area contributed by atoms with Crippen LogP contribution in [0.5, 0.6) is 5.75 Å². The molecule has 1 aromatic rings. The second-order valence-electron chi connectivity index (χ2n) is 5.85. The van der Waals surface area contributed by atoms with Gasteiger partial charge in [0.15, 0.2) is 0 Å². The van der Waals surface area contributed by atoms with Gasteiger partial charge in [0, 0.05) is 31.1 Å². The molecule has 19 heavy (non-hydrogen) atoms. The van der Waals surface area contributed by atoms with E-state index in [9.17, 15) is 4.79 Å². The molecule has 4 heteroatoms. The molecule has 102 valence electrons. The zero-order chi connectivity index (χ0) is 13.5. The molecular formula is C15H20N2O2. The Bertz CT molecular complexity index is 499. The van der Waals surface area contributed by atoms with E-state index in [1.807, 2.05) is 36.9 Å². The van der Waals surface area contributed by atoms with Gasteiger partial charge in [0.2, 0.25) is 5.91 Å². The highest BCUT2D eigenvalue weighted by atomic mass is 16.5. The second-order valence-corrected chi connectivity index (χ2v) is 5.85. The highest BCUT2D eigenvalue weighted by molar-refractivity contribution is 5.86. The zero-order valence-corrected chi connectivity index (χ0v) is 11.5. The Labute approximate surface area is 113 Å². The fourth-order valence-electron chi connectivity index (χ4n) is 2.90. The molecule has 1 atom stereocenters. The molecule has 0 aromatic heterocycles. The molecule has 2 aliphatic heterocycles. The number of nitrogens with zero attached hydrogens (tertiary/aromatic N) is 1. The minimum atomic E-state index is -0.447. The molecule has 2 heterocycles. The molecule has 0 radical (unpaired) electrons. The van der Waals surface area contributed by atoms with Crippen molar-refractivity contribution in [1.82, 2.24) is 10.2 Å². The van der Waals surface area contributed by atoms with Gasteiger partial charge >= 0.3 is 0 Å². The summed E-state index contributed by atoms with van der Waals surface area (Å²) < 4.78 is 5.69. The number of nitrogens with one attached hydrogen (secondary N) is 1. The van der Waals surface area contributed by atoms with Crippen LogP contribution in [-0.2, 0) is 4.79 Å². The largest absolute Gasteiger partial charge is 0.493 e. The van der Waals surface area contributed by atoms with Crippen LogP contribution in [0.25, 0.3) is 0 Å². The van der Waals surface area contributed by atoms with Crippen LogP contribution >= 0.6 is 0 Å². The Morgan fingerprint density at radius 2 is 2.21 bits per heavy atom. The van der Waals surface area contributed by atoms with Crippen LogP contribution in [0.3, 0.4) is 0 Å². The first kappa shape index (κ1) is 12.5. The maximum atomic E-state index is 12.4. The average molecular weight is 260 g/mol. The van der Waals surface area contributed by atoms with Gasteiger partial charge in [-0.05, 0) is 19.9 Å². The van der Waals surface area contributed by atoms with Crippen molar-refractivity contribution >= 4 is 5.91 Å². The summed E-state index contributed by atoms with van der Waals surface area (Å²) in [4.78, 5) is 14.3. The van der Waals surface area contributed by atoms with Crippen LogP contribution in [0.1, 0.15) is 25.3 Å². The van der Waals surface area contributed by atoms with E-state index in [2.05, 4.69) is 11.4 Å². The van der Waals surface area contributed by atoms with Crippen molar-refractivity contribution in [2.75, 3.05) is 26.2 Å². The molecule has 1 fully saturated rings. The first-order chi connectivity index (χ1) is 9.08. The van der Waals surface area contributed by atoms with Crippen LogP contribution in [0.4, 0.5) is 0 Å². The molecule has 0 bridgehead atoms. The molecule has 2 aliphatic rings. The third kappa shape index (κ3) is 2.21. The third-order valence-corrected chi connectivity index (χ3v) is 4.01. The van der Waals surface area contributed by atoms with E-state index in [0.717, 1.165) is 25.4 Å². The lowest BCUT2D eigenvalue weighted by molar-refractivity contribution is -0.140. The van der Waals surface area contributed by atoms with Crippen molar-refractivity contribution < 1.29 is 9.53 Å². The van der Waals surface area contributed by atoms with Crippen LogP contribution in [-0.4, -0.2) is 42.6 Å². The fraction of sp³-hybridized carbons (Fsp3) is 0.533. The van der Waals surface area contributed by atoms with Gasteiger partial charge in [-0.3, -0.25) is 4.79 Å². The van der Waals surface area contributed by atoms with E-state index in [1.54, 1.807) is 0 Å². The number of hydrogen-bond acceptors (Lipinski definition) is 3. The van der Waals surface area contributed by atoms with Crippen molar-refractivity contribution in [2.24, 2.45) is 0 Å². The maximum absolute atomic E-state index is 12.4. The summed E-state index contributed by atoms with van der Waals surface area (Å²) >= 11 is 0. The number of ether oxygens (including phenoxy) is 1. The molecule has 1 saturated heterocycles. The van der Waals surface area contributed by atoms with Gasteiger partial charge in [-0.2, -0.15) is 0 Å². The zero-order valence-electron chi connectivity index (χ0n) is 11.5. The number of fused-ring (bicyclic) bond motifs is 1. The van der Waals surface area contributed by atoms with Crippen molar-refractivity contribution in [2.45, 2.75) is 25.3 Å². The molecule has 1 unspecified atom stereocenters. The lowest BCUT2D eigenvalue weighted by Crippen LogP contribution is -2.61. The number of piperazine rings is 1. The molecular weight excluding hydrogens is 240 g/mol. The van der Waals surface area contributed by atoms with Crippen LogP contribution in [0, 0.1) is 0 Å². The van der Waals surface area contributed by atoms with Gasteiger partial charge in [-0.1, -0.05) is 18.2 Å². The van der Waals surface area contributed by atoms with Gasteiger partial charge in [0.05, 0.1) is 12.1 Å². The SMILES string of the molecule is CC1(C)NCCN(CC2COc3ccccc32)C1=O. The van der Waals surface area contributed by atoms with E-state index >= 15 is 0 Å². The van der Waals surface area contributed by atoms with E-state index in [0.29, 0.717) is 12.5 Å². The van der Waals surface area contributed by atoms with Crippen LogP contribution in [0.15, 0.2) is 24.3 Å². The number of amides is 1. The van der Waals surface area contributed by atoms with E-state index in [1.165, 1.54) is 5.56 Å². The van der Waals surface area contributed by atoms with Gasteiger partial charge in [-0.15, -0.1) is 0 Å². The minimum Gasteiger partial charge on any atom is -0.493 e. The predicted molar refractivity (Wildman–Crippen MR) is 73.3 cm³/mol. The van der Waals surface area contributed by atoms with Crippen molar-refractivity contribution in [3.63, 3.8) is 0 Å². The number of hydrogen-bond donors (Lipinski definition) is 1. The second kappa shape index (κ2) is 4.53. The van der Waals surface area contributed by atoms with Gasteiger partial charge < -0.3 is 15.0 Å². The van der Waals surface area contributed by atoms with Crippen LogP contribution in [0.2, 0.25) is 0 Å². The molecule has 4 nitrogen and oxygen atoms in total. The molecule has 0 spiro atoms. The summed E-state index contributed by atoms with van der Waals surface area (Å²) in [5.41, 5.74) is 0.781. The molecule has 0 saturated carbocycles. The van der Waals surface area contributed by atoms with Crippen LogP contribution < -0.4 is 10.1 Å². The molecule has 0 aliphatic carbocycles. The highest BCUT2D eigenvalue weighted by Gasteiger charge is 2.37. The number of carbonyl (C=O) groups excluding carboxylic acids is 1. The first-order valence-electron chi connectivity index (χ1n) is 6.84. The summed E-state index contributed by atoms with van der Waals surface area (Å²) in [5.74, 6) is 1.45. The Kier molecular flexibility index (Phi) is 2.97. The van der Waals surface area contributed by atoms with E-state index in [4.69, 9.17) is 4.74 Å².